The van der Waals surface area contributed by atoms with Crippen LogP contribution in [0.2, 0.25) is 0 Å². The standard InChI is InChI=1S/C16H21NO2/c1-3-10-17(14-6-7-14)15-8-4-13(11-12(15)2)5-9-16(18)19/h4-5,8-9,11,14H,3,6-7,10H2,1-2H3,(H,18,19). The van der Waals surface area contributed by atoms with Crippen molar-refractivity contribution < 1.29 is 9.90 Å². The van der Waals surface area contributed by atoms with E-state index in [0.29, 0.717) is 6.04 Å². The van der Waals surface area contributed by atoms with E-state index in [1.165, 1.54) is 30.2 Å². The second-order valence-corrected chi connectivity index (χ2v) is 5.14. The predicted octanol–water partition coefficient (Wildman–Crippen LogP) is 3.47. The fraction of sp³-hybridized carbons (Fsp3) is 0.438. The van der Waals surface area contributed by atoms with Crippen molar-refractivity contribution in [1.29, 1.82) is 0 Å². The summed E-state index contributed by atoms with van der Waals surface area (Å²) in [5.74, 6) is -0.910. The topological polar surface area (TPSA) is 40.5 Å². The van der Waals surface area contributed by atoms with Crippen molar-refractivity contribution in [3.8, 4) is 0 Å². The highest BCUT2D eigenvalue weighted by Gasteiger charge is 2.29. The first kappa shape index (κ1) is 13.7. The number of nitrogens with zero attached hydrogens (tertiary/aromatic N) is 1. The molecule has 1 saturated carbocycles. The first-order valence-electron chi connectivity index (χ1n) is 6.90. The van der Waals surface area contributed by atoms with Crippen molar-refractivity contribution in [1.82, 2.24) is 0 Å². The van der Waals surface area contributed by atoms with Gasteiger partial charge in [0.25, 0.3) is 0 Å². The van der Waals surface area contributed by atoms with E-state index in [9.17, 15) is 4.79 Å². The second-order valence-electron chi connectivity index (χ2n) is 5.14. The van der Waals surface area contributed by atoms with E-state index >= 15 is 0 Å². The Bertz CT molecular complexity index is 490. The summed E-state index contributed by atoms with van der Waals surface area (Å²) in [6, 6.07) is 6.87. The maximum atomic E-state index is 10.5. The lowest BCUT2D eigenvalue weighted by Gasteiger charge is -2.26. The first-order chi connectivity index (χ1) is 9.11. The van der Waals surface area contributed by atoms with Gasteiger partial charge in [0.1, 0.15) is 0 Å². The van der Waals surface area contributed by atoms with Crippen molar-refractivity contribution in [2.75, 3.05) is 11.4 Å². The minimum Gasteiger partial charge on any atom is -0.478 e. The first-order valence-corrected chi connectivity index (χ1v) is 6.90. The minimum absolute atomic E-state index is 0.707. The Hall–Kier alpha value is -1.77. The Morgan fingerprint density at radius 1 is 1.47 bits per heavy atom. The molecular formula is C16H21NO2. The van der Waals surface area contributed by atoms with Crippen LogP contribution in [-0.2, 0) is 4.79 Å². The van der Waals surface area contributed by atoms with Crippen LogP contribution in [-0.4, -0.2) is 23.7 Å². The molecule has 102 valence electrons. The molecule has 1 fully saturated rings. The van der Waals surface area contributed by atoms with E-state index < -0.39 is 5.97 Å². The van der Waals surface area contributed by atoms with Crippen LogP contribution in [0.25, 0.3) is 6.08 Å². The molecule has 1 aromatic carbocycles. The fourth-order valence-corrected chi connectivity index (χ4v) is 2.40. The Kier molecular flexibility index (Phi) is 4.25. The molecule has 0 aliphatic heterocycles. The highest BCUT2D eigenvalue weighted by atomic mass is 16.4. The largest absolute Gasteiger partial charge is 0.478 e. The zero-order chi connectivity index (χ0) is 13.8. The number of benzene rings is 1. The quantitative estimate of drug-likeness (QED) is 0.795. The van der Waals surface area contributed by atoms with Crippen LogP contribution in [0.3, 0.4) is 0 Å². The average Bonchev–Trinajstić information content (AvgIpc) is 3.18. The molecule has 1 aliphatic rings. The number of anilines is 1. The molecule has 0 unspecified atom stereocenters. The molecule has 0 bridgehead atoms. The van der Waals surface area contributed by atoms with Crippen molar-refractivity contribution in [2.45, 2.75) is 39.2 Å². The lowest BCUT2D eigenvalue weighted by atomic mass is 10.1. The van der Waals surface area contributed by atoms with E-state index in [-0.39, 0.29) is 0 Å². The molecule has 3 nitrogen and oxygen atoms in total. The number of carbonyl (C=O) groups is 1. The molecule has 0 heterocycles. The van der Waals surface area contributed by atoms with Gasteiger partial charge in [-0.1, -0.05) is 13.0 Å². The summed E-state index contributed by atoms with van der Waals surface area (Å²) in [6.45, 7) is 5.39. The van der Waals surface area contributed by atoms with Gasteiger partial charge in [-0.2, -0.15) is 0 Å². The van der Waals surface area contributed by atoms with Gasteiger partial charge in [0.15, 0.2) is 0 Å². The van der Waals surface area contributed by atoms with Crippen LogP contribution < -0.4 is 4.90 Å². The molecule has 1 aromatic rings. The Morgan fingerprint density at radius 3 is 2.74 bits per heavy atom. The lowest BCUT2D eigenvalue weighted by molar-refractivity contribution is -0.131. The summed E-state index contributed by atoms with van der Waals surface area (Å²) in [5.41, 5.74) is 3.45. The zero-order valence-electron chi connectivity index (χ0n) is 11.6. The zero-order valence-corrected chi connectivity index (χ0v) is 11.6. The third kappa shape index (κ3) is 3.60. The van der Waals surface area contributed by atoms with Crippen LogP contribution in [0.15, 0.2) is 24.3 Å². The van der Waals surface area contributed by atoms with Gasteiger partial charge in [-0.15, -0.1) is 0 Å². The number of carboxylic acids is 1. The molecule has 1 N–H and O–H groups in total. The Balaban J connectivity index is 2.20. The summed E-state index contributed by atoms with van der Waals surface area (Å²) >= 11 is 0. The SMILES string of the molecule is CCCN(c1ccc(C=CC(=O)O)cc1C)C1CC1. The normalized spacial score (nSPS) is 14.8. The molecule has 0 spiro atoms. The van der Waals surface area contributed by atoms with E-state index in [4.69, 9.17) is 5.11 Å². The van der Waals surface area contributed by atoms with Gasteiger partial charge >= 0.3 is 5.97 Å². The molecule has 19 heavy (non-hydrogen) atoms. The van der Waals surface area contributed by atoms with Crippen LogP contribution in [0.4, 0.5) is 5.69 Å². The molecule has 0 radical (unpaired) electrons. The van der Waals surface area contributed by atoms with Crippen LogP contribution in [0.5, 0.6) is 0 Å². The predicted molar refractivity (Wildman–Crippen MR) is 78.5 cm³/mol. The number of aliphatic carboxylic acids is 1. The maximum Gasteiger partial charge on any atom is 0.328 e. The van der Waals surface area contributed by atoms with Gasteiger partial charge in [-0.3, -0.25) is 0 Å². The van der Waals surface area contributed by atoms with E-state index in [0.717, 1.165) is 18.5 Å². The fourth-order valence-electron chi connectivity index (χ4n) is 2.40. The lowest BCUT2D eigenvalue weighted by Crippen LogP contribution is -2.27. The molecule has 0 aromatic heterocycles. The number of carboxylic acid groups (broad SMARTS) is 1. The summed E-state index contributed by atoms with van der Waals surface area (Å²) < 4.78 is 0. The smallest absolute Gasteiger partial charge is 0.328 e. The van der Waals surface area contributed by atoms with Gasteiger partial charge in [0.05, 0.1) is 0 Å². The highest BCUT2D eigenvalue weighted by Crippen LogP contribution is 2.34. The van der Waals surface area contributed by atoms with E-state index in [1.54, 1.807) is 6.08 Å². The Labute approximate surface area is 114 Å². The van der Waals surface area contributed by atoms with E-state index in [2.05, 4.69) is 30.9 Å². The maximum absolute atomic E-state index is 10.5. The van der Waals surface area contributed by atoms with Gasteiger partial charge in [0.2, 0.25) is 0 Å². The van der Waals surface area contributed by atoms with Gasteiger partial charge in [0, 0.05) is 24.4 Å². The number of rotatable bonds is 6. The summed E-state index contributed by atoms with van der Waals surface area (Å²) in [7, 11) is 0. The van der Waals surface area contributed by atoms with E-state index in [1.807, 2.05) is 6.07 Å². The average molecular weight is 259 g/mol. The summed E-state index contributed by atoms with van der Waals surface area (Å²) in [5, 5.41) is 8.64. The van der Waals surface area contributed by atoms with Crippen molar-refractivity contribution in [3.63, 3.8) is 0 Å². The van der Waals surface area contributed by atoms with Gasteiger partial charge in [-0.05, 0) is 55.5 Å². The monoisotopic (exact) mass is 259 g/mol. The Morgan fingerprint density at radius 2 is 2.21 bits per heavy atom. The summed E-state index contributed by atoms with van der Waals surface area (Å²) in [6.07, 6.45) is 6.55. The number of hydrogen-bond acceptors (Lipinski definition) is 2. The summed E-state index contributed by atoms with van der Waals surface area (Å²) in [4.78, 5) is 13.0. The molecular weight excluding hydrogens is 238 g/mol. The highest BCUT2D eigenvalue weighted by molar-refractivity contribution is 5.85. The van der Waals surface area contributed by atoms with Crippen molar-refractivity contribution in [3.05, 3.63) is 35.4 Å². The molecule has 1 aliphatic carbocycles. The third-order valence-electron chi connectivity index (χ3n) is 3.40. The van der Waals surface area contributed by atoms with Crippen molar-refractivity contribution in [2.24, 2.45) is 0 Å². The third-order valence-corrected chi connectivity index (χ3v) is 3.40. The number of hydrogen-bond donors (Lipinski definition) is 1. The van der Waals surface area contributed by atoms with Crippen LogP contribution >= 0.6 is 0 Å². The molecule has 0 saturated heterocycles. The van der Waals surface area contributed by atoms with Crippen LogP contribution in [0.1, 0.15) is 37.3 Å². The minimum atomic E-state index is -0.910. The molecule has 0 atom stereocenters. The van der Waals surface area contributed by atoms with Crippen molar-refractivity contribution >= 4 is 17.7 Å². The van der Waals surface area contributed by atoms with Crippen LogP contribution in [0, 0.1) is 6.92 Å². The van der Waals surface area contributed by atoms with Gasteiger partial charge < -0.3 is 10.0 Å². The second kappa shape index (κ2) is 5.91. The molecule has 2 rings (SSSR count). The molecule has 0 amide bonds. The van der Waals surface area contributed by atoms with Gasteiger partial charge in [-0.25, -0.2) is 4.79 Å². The number of aryl methyl sites for hydroxylation is 1. The molecule has 3 heteroatoms.